The Kier molecular flexibility index (Phi) is 3.29. The van der Waals surface area contributed by atoms with E-state index in [2.05, 4.69) is 50.5 Å². The summed E-state index contributed by atoms with van der Waals surface area (Å²) in [4.78, 5) is 7.21. The predicted octanol–water partition coefficient (Wildman–Crippen LogP) is 3.47. The fourth-order valence-corrected chi connectivity index (χ4v) is 2.91. The summed E-state index contributed by atoms with van der Waals surface area (Å²) in [6.45, 7) is 4.39. The molecular weight excluding hydrogens is 290 g/mol. The van der Waals surface area contributed by atoms with Crippen LogP contribution in [0.1, 0.15) is 25.5 Å². The zero-order chi connectivity index (χ0) is 12.5. The minimum absolute atomic E-state index is 0.842. The maximum Gasteiger partial charge on any atom is 0.152 e. The lowest BCUT2D eigenvalue weighted by molar-refractivity contribution is 0.731. The first-order valence-electron chi connectivity index (χ1n) is 6.60. The summed E-state index contributed by atoms with van der Waals surface area (Å²) in [6, 6.07) is 6.17. The second-order valence-corrected chi connectivity index (χ2v) is 5.49. The summed E-state index contributed by atoms with van der Waals surface area (Å²) in [7, 11) is 0. The van der Waals surface area contributed by atoms with Crippen LogP contribution >= 0.6 is 15.9 Å². The van der Waals surface area contributed by atoms with Gasteiger partial charge in [0.2, 0.25) is 0 Å². The molecule has 18 heavy (non-hydrogen) atoms. The lowest BCUT2D eigenvalue weighted by Gasteiger charge is -2.21. The van der Waals surface area contributed by atoms with Crippen molar-refractivity contribution < 1.29 is 0 Å². The minimum atomic E-state index is 0.842. The number of imidazole rings is 1. The van der Waals surface area contributed by atoms with Crippen LogP contribution in [-0.2, 0) is 5.33 Å². The van der Waals surface area contributed by atoms with Crippen molar-refractivity contribution >= 4 is 27.4 Å². The van der Waals surface area contributed by atoms with Gasteiger partial charge >= 0.3 is 0 Å². The van der Waals surface area contributed by atoms with Gasteiger partial charge in [0.25, 0.3) is 0 Å². The third-order valence-electron chi connectivity index (χ3n) is 3.59. The SMILES string of the molecule is CCN(CC1CC1)c1nc2ccccn2c1CBr. The van der Waals surface area contributed by atoms with Gasteiger partial charge in [-0.25, -0.2) is 4.98 Å². The molecule has 0 atom stereocenters. The molecule has 0 aromatic carbocycles. The number of hydrogen-bond donors (Lipinski definition) is 0. The van der Waals surface area contributed by atoms with Gasteiger partial charge in [-0.15, -0.1) is 0 Å². The first kappa shape index (κ1) is 12.0. The summed E-state index contributed by atoms with van der Waals surface area (Å²) in [5, 5.41) is 0.842. The molecule has 1 aliphatic carbocycles. The molecular formula is C14H18BrN3. The van der Waals surface area contributed by atoms with Crippen molar-refractivity contribution in [3.05, 3.63) is 30.1 Å². The molecule has 1 fully saturated rings. The number of pyridine rings is 1. The summed E-state index contributed by atoms with van der Waals surface area (Å²) in [6.07, 6.45) is 4.86. The van der Waals surface area contributed by atoms with E-state index in [0.717, 1.165) is 35.8 Å². The molecule has 0 bridgehead atoms. The number of halogens is 1. The normalized spacial score (nSPS) is 15.2. The van der Waals surface area contributed by atoms with E-state index in [-0.39, 0.29) is 0 Å². The van der Waals surface area contributed by atoms with E-state index in [0.29, 0.717) is 0 Å². The number of aromatic nitrogens is 2. The molecule has 3 rings (SSSR count). The Bertz CT molecular complexity index is 545. The van der Waals surface area contributed by atoms with Crippen LogP contribution in [0, 0.1) is 5.92 Å². The maximum absolute atomic E-state index is 4.79. The van der Waals surface area contributed by atoms with E-state index in [1.54, 1.807) is 0 Å². The molecule has 0 amide bonds. The highest BCUT2D eigenvalue weighted by Crippen LogP contribution is 2.32. The smallest absolute Gasteiger partial charge is 0.152 e. The first-order chi connectivity index (χ1) is 8.83. The monoisotopic (exact) mass is 307 g/mol. The Hall–Kier alpha value is -1.03. The Morgan fingerprint density at radius 2 is 2.28 bits per heavy atom. The van der Waals surface area contributed by atoms with Crippen molar-refractivity contribution in [1.82, 2.24) is 9.38 Å². The molecule has 0 unspecified atom stereocenters. The molecule has 0 N–H and O–H groups in total. The van der Waals surface area contributed by atoms with Crippen LogP contribution in [0.3, 0.4) is 0 Å². The van der Waals surface area contributed by atoms with Crippen molar-refractivity contribution in [2.75, 3.05) is 18.0 Å². The molecule has 96 valence electrons. The van der Waals surface area contributed by atoms with E-state index < -0.39 is 0 Å². The third kappa shape index (κ3) is 2.14. The van der Waals surface area contributed by atoms with Gasteiger partial charge in [-0.2, -0.15) is 0 Å². The highest BCUT2D eigenvalue weighted by molar-refractivity contribution is 9.08. The molecule has 2 aromatic rings. The number of alkyl halides is 1. The third-order valence-corrected chi connectivity index (χ3v) is 4.12. The van der Waals surface area contributed by atoms with Crippen molar-refractivity contribution in [3.63, 3.8) is 0 Å². The van der Waals surface area contributed by atoms with Gasteiger partial charge in [0.15, 0.2) is 5.82 Å². The Labute approximate surface area is 116 Å². The van der Waals surface area contributed by atoms with Crippen molar-refractivity contribution in [2.24, 2.45) is 5.92 Å². The molecule has 1 aliphatic rings. The number of hydrogen-bond acceptors (Lipinski definition) is 2. The summed E-state index contributed by atoms with van der Waals surface area (Å²) < 4.78 is 2.18. The number of rotatable bonds is 5. The highest BCUT2D eigenvalue weighted by Gasteiger charge is 2.26. The van der Waals surface area contributed by atoms with Crippen LogP contribution in [0.5, 0.6) is 0 Å². The fourth-order valence-electron chi connectivity index (χ4n) is 2.39. The van der Waals surface area contributed by atoms with Gasteiger partial charge in [0.05, 0.1) is 5.69 Å². The zero-order valence-corrected chi connectivity index (χ0v) is 12.2. The standard InChI is InChI=1S/C14H18BrN3/c1-2-17(10-11-6-7-11)14-12(9-15)18-8-4-3-5-13(18)16-14/h3-5,8,11H,2,6-7,9-10H2,1H3. The average Bonchev–Trinajstić information content (AvgIpc) is 3.14. The van der Waals surface area contributed by atoms with Gasteiger partial charge in [-0.3, -0.25) is 0 Å². The van der Waals surface area contributed by atoms with Crippen molar-refractivity contribution in [1.29, 1.82) is 0 Å². The van der Waals surface area contributed by atoms with E-state index in [1.807, 2.05) is 6.07 Å². The molecule has 0 aliphatic heterocycles. The van der Waals surface area contributed by atoms with Crippen LogP contribution in [0.25, 0.3) is 5.65 Å². The maximum atomic E-state index is 4.79. The van der Waals surface area contributed by atoms with Gasteiger partial charge < -0.3 is 9.30 Å². The zero-order valence-electron chi connectivity index (χ0n) is 10.6. The van der Waals surface area contributed by atoms with Crippen LogP contribution in [0.2, 0.25) is 0 Å². The number of anilines is 1. The molecule has 0 radical (unpaired) electrons. The van der Waals surface area contributed by atoms with Crippen LogP contribution in [-0.4, -0.2) is 22.5 Å². The van der Waals surface area contributed by atoms with E-state index in [1.165, 1.54) is 18.5 Å². The molecule has 4 heteroatoms. The number of fused-ring (bicyclic) bond motifs is 1. The molecule has 3 nitrogen and oxygen atoms in total. The molecule has 1 saturated carbocycles. The van der Waals surface area contributed by atoms with Crippen molar-refractivity contribution in [2.45, 2.75) is 25.1 Å². The molecule has 0 saturated heterocycles. The molecule has 2 aromatic heterocycles. The summed E-state index contributed by atoms with van der Waals surface area (Å²) in [5.74, 6) is 2.03. The average molecular weight is 308 g/mol. The summed E-state index contributed by atoms with van der Waals surface area (Å²) >= 11 is 3.60. The van der Waals surface area contributed by atoms with Gasteiger partial charge in [-0.05, 0) is 37.8 Å². The fraction of sp³-hybridized carbons (Fsp3) is 0.500. The quantitative estimate of drug-likeness (QED) is 0.789. The second kappa shape index (κ2) is 4.92. The van der Waals surface area contributed by atoms with Crippen LogP contribution in [0.4, 0.5) is 5.82 Å². The van der Waals surface area contributed by atoms with Crippen molar-refractivity contribution in [3.8, 4) is 0 Å². The predicted molar refractivity (Wildman–Crippen MR) is 78.4 cm³/mol. The van der Waals surface area contributed by atoms with E-state index in [9.17, 15) is 0 Å². The van der Waals surface area contributed by atoms with Gasteiger partial charge in [0, 0.05) is 24.6 Å². The lowest BCUT2D eigenvalue weighted by Crippen LogP contribution is -2.26. The van der Waals surface area contributed by atoms with Gasteiger partial charge in [0.1, 0.15) is 5.65 Å². The highest BCUT2D eigenvalue weighted by atomic mass is 79.9. The first-order valence-corrected chi connectivity index (χ1v) is 7.72. The second-order valence-electron chi connectivity index (χ2n) is 4.93. The largest absolute Gasteiger partial charge is 0.355 e. The topological polar surface area (TPSA) is 20.5 Å². The van der Waals surface area contributed by atoms with E-state index >= 15 is 0 Å². The van der Waals surface area contributed by atoms with Crippen LogP contribution in [0.15, 0.2) is 24.4 Å². The van der Waals surface area contributed by atoms with Crippen LogP contribution < -0.4 is 4.90 Å². The van der Waals surface area contributed by atoms with Gasteiger partial charge in [-0.1, -0.05) is 22.0 Å². The Balaban J connectivity index is 2.02. The Morgan fingerprint density at radius 1 is 1.44 bits per heavy atom. The number of nitrogens with zero attached hydrogens (tertiary/aromatic N) is 3. The summed E-state index contributed by atoms with van der Waals surface area (Å²) in [5.41, 5.74) is 2.30. The van der Waals surface area contributed by atoms with E-state index in [4.69, 9.17) is 4.98 Å². The molecule has 0 spiro atoms. The lowest BCUT2D eigenvalue weighted by atomic mass is 10.3. The molecule has 2 heterocycles. The minimum Gasteiger partial charge on any atom is -0.355 e. The Morgan fingerprint density at radius 3 is 2.94 bits per heavy atom.